The summed E-state index contributed by atoms with van der Waals surface area (Å²) in [5.74, 6) is 0. The maximum atomic E-state index is 9.75. The zero-order chi connectivity index (χ0) is 6.57. The molecule has 0 radical (unpaired) electrons. The van der Waals surface area contributed by atoms with Crippen LogP contribution in [0, 0.1) is 0 Å². The highest BCUT2D eigenvalue weighted by atomic mass is 32.2. The van der Waals surface area contributed by atoms with Crippen molar-refractivity contribution in [1.29, 1.82) is 0 Å². The van der Waals surface area contributed by atoms with E-state index in [1.807, 2.05) is 4.72 Å². The lowest BCUT2D eigenvalue weighted by molar-refractivity contribution is 0.171. The van der Waals surface area contributed by atoms with Crippen molar-refractivity contribution in [2.45, 2.75) is 6.23 Å². The Bertz CT molecular complexity index is 87.4. The number of nitrogens with one attached hydrogen (secondary N) is 1. The third-order valence-electron chi connectivity index (χ3n) is 0.460. The van der Waals surface area contributed by atoms with Crippen molar-refractivity contribution < 1.29 is 13.9 Å². The lowest BCUT2D eigenvalue weighted by Crippen LogP contribution is -2.36. The minimum Gasteiger partial charge on any atom is -0.376 e. The first-order chi connectivity index (χ1) is 3.66. The van der Waals surface area contributed by atoms with Crippen LogP contribution in [0.1, 0.15) is 0 Å². The Labute approximate surface area is 49.3 Å². The lowest BCUT2D eigenvalue weighted by Gasteiger charge is -2.03. The Balaban J connectivity index is 3.24. The van der Waals surface area contributed by atoms with Crippen molar-refractivity contribution in [3.05, 3.63) is 0 Å². The molecule has 50 valence electrons. The molecule has 0 saturated carbocycles. The van der Waals surface area contributed by atoms with Crippen LogP contribution < -0.4 is 10.5 Å². The van der Waals surface area contributed by atoms with Crippen LogP contribution in [0.5, 0.6) is 0 Å². The van der Waals surface area contributed by atoms with Crippen LogP contribution in [0.25, 0.3) is 0 Å². The van der Waals surface area contributed by atoms with Gasteiger partial charge in [0, 0.05) is 6.54 Å². The molecule has 2 atom stereocenters. The van der Waals surface area contributed by atoms with Crippen LogP contribution in [-0.2, 0) is 11.3 Å². The van der Waals surface area contributed by atoms with Crippen molar-refractivity contribution in [3.63, 3.8) is 0 Å². The summed E-state index contributed by atoms with van der Waals surface area (Å²) in [5, 5.41) is 8.44. The molecule has 0 aliphatic heterocycles. The van der Waals surface area contributed by atoms with Gasteiger partial charge in [-0.15, -0.1) is 0 Å². The maximum absolute atomic E-state index is 9.75. The number of aliphatic hydroxyl groups excluding tert-OH is 1. The lowest BCUT2D eigenvalue weighted by atomic mass is 10.6. The molecule has 0 amide bonds. The Morgan fingerprint density at radius 1 is 1.88 bits per heavy atom. The summed E-state index contributed by atoms with van der Waals surface area (Å²) in [4.78, 5) is 0. The average molecular weight is 140 g/mol. The standard InChI is InChI=1S/C2H8N2O3S/c3-1-2(5)4-8(6)7/h2,4-5H,1,3H2,(H,6,7). The van der Waals surface area contributed by atoms with Crippen LogP contribution >= 0.6 is 0 Å². The highest BCUT2D eigenvalue weighted by Gasteiger charge is 2.00. The molecule has 5 N–H and O–H groups in total. The minimum absolute atomic E-state index is 0.0771. The number of hydrogen-bond donors (Lipinski definition) is 4. The van der Waals surface area contributed by atoms with E-state index in [4.69, 9.17) is 15.4 Å². The van der Waals surface area contributed by atoms with E-state index >= 15 is 0 Å². The topological polar surface area (TPSA) is 95.6 Å². The summed E-state index contributed by atoms with van der Waals surface area (Å²) in [7, 11) is 0. The molecule has 0 aromatic heterocycles. The second kappa shape index (κ2) is 3.93. The SMILES string of the molecule is NCC(O)NS(=O)O. The van der Waals surface area contributed by atoms with Gasteiger partial charge in [0.25, 0.3) is 0 Å². The molecule has 0 aromatic carbocycles. The number of nitrogens with two attached hydrogens (primary N) is 1. The highest BCUT2D eigenvalue weighted by Crippen LogP contribution is 1.70. The summed E-state index contributed by atoms with van der Waals surface area (Å²) in [6, 6.07) is 0. The zero-order valence-corrected chi connectivity index (χ0v) is 4.89. The van der Waals surface area contributed by atoms with Gasteiger partial charge in [-0.05, 0) is 0 Å². The summed E-state index contributed by atoms with van der Waals surface area (Å²) in [5.41, 5.74) is 4.86. The van der Waals surface area contributed by atoms with Gasteiger partial charge >= 0.3 is 0 Å². The summed E-state index contributed by atoms with van der Waals surface area (Å²) in [6.07, 6.45) is -1.10. The Hall–Kier alpha value is -0.0100. The maximum Gasteiger partial charge on any atom is 0.234 e. The Morgan fingerprint density at radius 3 is 2.50 bits per heavy atom. The molecule has 0 heterocycles. The molecule has 0 aliphatic rings. The largest absolute Gasteiger partial charge is 0.376 e. The first kappa shape index (κ1) is 7.99. The molecule has 5 nitrogen and oxygen atoms in total. The van der Waals surface area contributed by atoms with E-state index in [2.05, 4.69) is 0 Å². The van der Waals surface area contributed by atoms with Crippen LogP contribution in [0.2, 0.25) is 0 Å². The molecule has 8 heavy (non-hydrogen) atoms. The smallest absolute Gasteiger partial charge is 0.234 e. The molecule has 0 saturated heterocycles. The fourth-order valence-electron chi connectivity index (χ4n) is 0.164. The van der Waals surface area contributed by atoms with Crippen molar-refractivity contribution in [2.24, 2.45) is 5.73 Å². The molecule has 0 bridgehead atoms. The quantitative estimate of drug-likeness (QED) is 0.269. The van der Waals surface area contributed by atoms with Crippen molar-refractivity contribution in [3.8, 4) is 0 Å². The molecule has 0 rings (SSSR count). The Morgan fingerprint density at radius 2 is 2.38 bits per heavy atom. The van der Waals surface area contributed by atoms with Gasteiger partial charge in [-0.2, -0.15) is 4.72 Å². The second-order valence-electron chi connectivity index (χ2n) is 1.12. The van der Waals surface area contributed by atoms with Gasteiger partial charge in [-0.3, -0.25) is 4.55 Å². The molecular weight excluding hydrogens is 132 g/mol. The first-order valence-corrected chi connectivity index (χ1v) is 3.02. The van der Waals surface area contributed by atoms with E-state index in [1.165, 1.54) is 0 Å². The predicted octanol–water partition coefficient (Wildman–Crippen LogP) is -2.01. The second-order valence-corrected chi connectivity index (χ2v) is 1.85. The van der Waals surface area contributed by atoms with Crippen LogP contribution in [0.4, 0.5) is 0 Å². The first-order valence-electron chi connectivity index (χ1n) is 1.92. The molecule has 6 heteroatoms. The molecular formula is C2H8N2O3S. The van der Waals surface area contributed by atoms with Crippen molar-refractivity contribution in [1.82, 2.24) is 4.72 Å². The summed E-state index contributed by atoms with van der Waals surface area (Å²) < 4.78 is 19.6. The minimum atomic E-state index is -2.18. The molecule has 0 aliphatic carbocycles. The van der Waals surface area contributed by atoms with Gasteiger partial charge in [-0.25, -0.2) is 4.21 Å². The van der Waals surface area contributed by atoms with E-state index in [0.29, 0.717) is 0 Å². The third kappa shape index (κ3) is 4.16. The van der Waals surface area contributed by atoms with Gasteiger partial charge in [0.05, 0.1) is 0 Å². The normalized spacial score (nSPS) is 17.9. The van der Waals surface area contributed by atoms with Gasteiger partial charge in [0.2, 0.25) is 11.3 Å². The van der Waals surface area contributed by atoms with Crippen molar-refractivity contribution in [2.75, 3.05) is 6.54 Å². The molecule has 0 aromatic rings. The van der Waals surface area contributed by atoms with E-state index in [1.54, 1.807) is 0 Å². The highest BCUT2D eigenvalue weighted by molar-refractivity contribution is 7.77. The fraction of sp³-hybridized carbons (Fsp3) is 1.00. The summed E-state index contributed by atoms with van der Waals surface area (Å²) >= 11 is -2.18. The van der Waals surface area contributed by atoms with E-state index < -0.39 is 17.5 Å². The molecule has 0 fully saturated rings. The van der Waals surface area contributed by atoms with Gasteiger partial charge < -0.3 is 10.8 Å². The number of rotatable bonds is 3. The fourth-order valence-corrected chi connectivity index (χ4v) is 0.493. The zero-order valence-electron chi connectivity index (χ0n) is 4.07. The summed E-state index contributed by atoms with van der Waals surface area (Å²) in [6.45, 7) is -0.0771. The van der Waals surface area contributed by atoms with E-state index in [0.717, 1.165) is 0 Å². The van der Waals surface area contributed by atoms with Gasteiger partial charge in [-0.1, -0.05) is 0 Å². The van der Waals surface area contributed by atoms with Crippen LogP contribution in [-0.4, -0.2) is 26.6 Å². The monoisotopic (exact) mass is 140 g/mol. The van der Waals surface area contributed by atoms with E-state index in [9.17, 15) is 4.21 Å². The number of aliphatic hydroxyl groups is 1. The number of hydrogen-bond acceptors (Lipinski definition) is 3. The Kier molecular flexibility index (Phi) is 3.92. The molecule has 0 spiro atoms. The molecule has 2 unspecified atom stereocenters. The van der Waals surface area contributed by atoms with Gasteiger partial charge in [0.15, 0.2) is 0 Å². The predicted molar refractivity (Wildman–Crippen MR) is 29.0 cm³/mol. The van der Waals surface area contributed by atoms with Crippen LogP contribution in [0.3, 0.4) is 0 Å². The average Bonchev–Trinajstić information content (AvgIpc) is 1.65. The van der Waals surface area contributed by atoms with Gasteiger partial charge in [0.1, 0.15) is 6.23 Å². The van der Waals surface area contributed by atoms with Crippen molar-refractivity contribution >= 4 is 11.3 Å². The van der Waals surface area contributed by atoms with E-state index in [-0.39, 0.29) is 6.54 Å². The van der Waals surface area contributed by atoms with Crippen LogP contribution in [0.15, 0.2) is 0 Å². The third-order valence-corrected chi connectivity index (χ3v) is 0.934.